The summed E-state index contributed by atoms with van der Waals surface area (Å²) in [6.07, 6.45) is 3.07. The Morgan fingerprint density at radius 3 is 2.38 bits per heavy atom. The number of rotatable bonds is 4. The van der Waals surface area contributed by atoms with Crippen molar-refractivity contribution < 1.29 is 8.42 Å². The fraction of sp³-hybridized carbons (Fsp3) is 0.900. The molecule has 1 saturated carbocycles. The number of nitrogens with one attached hydrogen (secondary N) is 2. The molecule has 0 atom stereocenters. The van der Waals surface area contributed by atoms with Crippen LogP contribution in [0, 0.1) is 11.3 Å². The van der Waals surface area contributed by atoms with Crippen molar-refractivity contribution in [3.8, 4) is 0 Å². The van der Waals surface area contributed by atoms with E-state index in [0.29, 0.717) is 18.8 Å². The average molecular weight is 247 g/mol. The van der Waals surface area contributed by atoms with Gasteiger partial charge in [0.2, 0.25) is 10.0 Å². The molecule has 0 saturated heterocycles. The van der Waals surface area contributed by atoms with Crippen LogP contribution in [0.1, 0.15) is 39.5 Å². The zero-order chi connectivity index (χ0) is 12.4. The number of hydrogen-bond acceptors (Lipinski definition) is 3. The largest absolute Gasteiger partial charge is 0.386 e. The van der Waals surface area contributed by atoms with Gasteiger partial charge in [-0.15, -0.1) is 0 Å². The summed E-state index contributed by atoms with van der Waals surface area (Å²) in [5, 5.41) is 7.61. The molecule has 0 radical (unpaired) electrons. The summed E-state index contributed by atoms with van der Waals surface area (Å²) in [6.45, 7) is 3.72. The SMILES string of the molecule is CCS(=O)(=O)NC1(C(=N)N)CCC(C)CC1. The monoisotopic (exact) mass is 247 g/mol. The van der Waals surface area contributed by atoms with Crippen LogP contribution >= 0.6 is 0 Å². The van der Waals surface area contributed by atoms with Crippen LogP contribution in [0.3, 0.4) is 0 Å². The van der Waals surface area contributed by atoms with Crippen molar-refractivity contribution in [2.75, 3.05) is 5.75 Å². The summed E-state index contributed by atoms with van der Waals surface area (Å²) in [5.41, 5.74) is 4.73. The number of nitrogens with two attached hydrogens (primary N) is 1. The van der Waals surface area contributed by atoms with Crippen molar-refractivity contribution in [1.29, 1.82) is 5.41 Å². The molecule has 0 heterocycles. The van der Waals surface area contributed by atoms with Gasteiger partial charge in [0.05, 0.1) is 11.3 Å². The molecule has 0 aromatic heterocycles. The minimum atomic E-state index is -3.31. The maximum absolute atomic E-state index is 11.6. The molecule has 1 aliphatic rings. The van der Waals surface area contributed by atoms with E-state index < -0.39 is 15.6 Å². The number of sulfonamides is 1. The van der Waals surface area contributed by atoms with Gasteiger partial charge in [-0.05, 0) is 38.5 Å². The second kappa shape index (κ2) is 4.71. The van der Waals surface area contributed by atoms with Crippen molar-refractivity contribution in [1.82, 2.24) is 4.72 Å². The Morgan fingerprint density at radius 1 is 1.50 bits per heavy atom. The first-order valence-electron chi connectivity index (χ1n) is 5.67. The van der Waals surface area contributed by atoms with E-state index >= 15 is 0 Å². The lowest BCUT2D eigenvalue weighted by Crippen LogP contribution is -2.58. The van der Waals surface area contributed by atoms with Gasteiger partial charge in [-0.2, -0.15) is 0 Å². The van der Waals surface area contributed by atoms with E-state index in [1.54, 1.807) is 6.92 Å². The van der Waals surface area contributed by atoms with Crippen LogP contribution in [0.5, 0.6) is 0 Å². The van der Waals surface area contributed by atoms with Gasteiger partial charge in [-0.3, -0.25) is 5.41 Å². The lowest BCUT2D eigenvalue weighted by Gasteiger charge is -2.38. The first kappa shape index (κ1) is 13.4. The highest BCUT2D eigenvalue weighted by molar-refractivity contribution is 7.89. The second-order valence-electron chi connectivity index (χ2n) is 4.68. The van der Waals surface area contributed by atoms with Gasteiger partial charge in [0.1, 0.15) is 5.84 Å². The van der Waals surface area contributed by atoms with Gasteiger partial charge in [0.15, 0.2) is 0 Å². The third-order valence-electron chi connectivity index (χ3n) is 3.37. The Kier molecular flexibility index (Phi) is 3.96. The molecular weight excluding hydrogens is 226 g/mol. The molecule has 0 bridgehead atoms. The Morgan fingerprint density at radius 2 is 2.00 bits per heavy atom. The van der Waals surface area contributed by atoms with Crippen LogP contribution in [0.4, 0.5) is 0 Å². The fourth-order valence-electron chi connectivity index (χ4n) is 2.05. The molecule has 0 aromatic rings. The van der Waals surface area contributed by atoms with Crippen molar-refractivity contribution in [3.63, 3.8) is 0 Å². The van der Waals surface area contributed by atoms with E-state index in [2.05, 4.69) is 11.6 Å². The van der Waals surface area contributed by atoms with Gasteiger partial charge in [0.25, 0.3) is 0 Å². The Bertz CT molecular complexity index is 356. The zero-order valence-electron chi connectivity index (χ0n) is 9.91. The van der Waals surface area contributed by atoms with Crippen LogP contribution < -0.4 is 10.5 Å². The highest BCUT2D eigenvalue weighted by Crippen LogP contribution is 2.32. The lowest BCUT2D eigenvalue weighted by atomic mass is 9.77. The maximum Gasteiger partial charge on any atom is 0.212 e. The van der Waals surface area contributed by atoms with E-state index in [0.717, 1.165) is 12.8 Å². The van der Waals surface area contributed by atoms with E-state index in [1.807, 2.05) is 0 Å². The van der Waals surface area contributed by atoms with Crippen molar-refractivity contribution in [2.24, 2.45) is 11.7 Å². The van der Waals surface area contributed by atoms with Crippen LogP contribution in [-0.4, -0.2) is 25.5 Å². The normalized spacial score (nSPS) is 31.2. The lowest BCUT2D eigenvalue weighted by molar-refractivity contribution is 0.286. The molecule has 0 amide bonds. The van der Waals surface area contributed by atoms with Crippen LogP contribution in [0.2, 0.25) is 0 Å². The topological polar surface area (TPSA) is 96.0 Å². The maximum atomic E-state index is 11.6. The average Bonchev–Trinajstić information content (AvgIpc) is 2.21. The molecule has 94 valence electrons. The molecule has 16 heavy (non-hydrogen) atoms. The van der Waals surface area contributed by atoms with Gasteiger partial charge in [-0.1, -0.05) is 6.92 Å². The van der Waals surface area contributed by atoms with Crippen LogP contribution in [-0.2, 0) is 10.0 Å². The predicted octanol–water partition coefficient (Wildman–Crippen LogP) is 0.811. The first-order valence-corrected chi connectivity index (χ1v) is 7.33. The summed E-state index contributed by atoms with van der Waals surface area (Å²) < 4.78 is 25.8. The molecule has 0 aliphatic heterocycles. The molecule has 0 unspecified atom stereocenters. The van der Waals surface area contributed by atoms with E-state index in [1.165, 1.54) is 0 Å². The zero-order valence-corrected chi connectivity index (χ0v) is 10.7. The molecule has 1 fully saturated rings. The molecule has 4 N–H and O–H groups in total. The number of hydrogen-bond donors (Lipinski definition) is 3. The quantitative estimate of drug-likeness (QED) is 0.506. The fourth-order valence-corrected chi connectivity index (χ4v) is 3.10. The van der Waals surface area contributed by atoms with E-state index in [9.17, 15) is 8.42 Å². The Hall–Kier alpha value is -0.620. The first-order chi connectivity index (χ1) is 7.31. The molecule has 1 aliphatic carbocycles. The standard InChI is InChI=1S/C10H21N3O2S/c1-3-16(14,15)13-10(9(11)12)6-4-8(2)5-7-10/h8,13H,3-7H2,1-2H3,(H3,11,12). The van der Waals surface area contributed by atoms with E-state index in [4.69, 9.17) is 11.1 Å². The minimum absolute atomic E-state index is 0.0254. The molecule has 5 nitrogen and oxygen atoms in total. The molecule has 0 aromatic carbocycles. The third kappa shape index (κ3) is 2.95. The minimum Gasteiger partial charge on any atom is -0.386 e. The summed E-state index contributed by atoms with van der Waals surface area (Å²) in [5.74, 6) is 0.549. The highest BCUT2D eigenvalue weighted by atomic mass is 32.2. The molecular formula is C10H21N3O2S. The molecule has 0 spiro atoms. The van der Waals surface area contributed by atoms with Gasteiger partial charge in [0, 0.05) is 0 Å². The summed E-state index contributed by atoms with van der Waals surface area (Å²) in [6, 6.07) is 0. The highest BCUT2D eigenvalue weighted by Gasteiger charge is 2.39. The van der Waals surface area contributed by atoms with Crippen LogP contribution in [0.15, 0.2) is 0 Å². The molecule has 6 heteroatoms. The van der Waals surface area contributed by atoms with Crippen molar-refractivity contribution in [3.05, 3.63) is 0 Å². The second-order valence-corrected chi connectivity index (χ2v) is 6.69. The molecule has 1 rings (SSSR count). The third-order valence-corrected chi connectivity index (χ3v) is 4.84. The Labute approximate surface area is 97.4 Å². The number of amidine groups is 1. The summed E-state index contributed by atoms with van der Waals surface area (Å²) in [4.78, 5) is 0. The Balaban J connectivity index is 2.87. The summed E-state index contributed by atoms with van der Waals surface area (Å²) >= 11 is 0. The van der Waals surface area contributed by atoms with Gasteiger partial charge in [-0.25, -0.2) is 13.1 Å². The van der Waals surface area contributed by atoms with Crippen molar-refractivity contribution in [2.45, 2.75) is 45.1 Å². The van der Waals surface area contributed by atoms with Gasteiger partial charge >= 0.3 is 0 Å². The van der Waals surface area contributed by atoms with Crippen molar-refractivity contribution >= 4 is 15.9 Å². The summed E-state index contributed by atoms with van der Waals surface area (Å²) in [7, 11) is -3.31. The smallest absolute Gasteiger partial charge is 0.212 e. The predicted molar refractivity (Wildman–Crippen MR) is 64.9 cm³/mol. The van der Waals surface area contributed by atoms with E-state index in [-0.39, 0.29) is 11.6 Å². The van der Waals surface area contributed by atoms with Crippen LogP contribution in [0.25, 0.3) is 0 Å². The van der Waals surface area contributed by atoms with Gasteiger partial charge < -0.3 is 5.73 Å².